The summed E-state index contributed by atoms with van der Waals surface area (Å²) in [6.07, 6.45) is -2.78. The summed E-state index contributed by atoms with van der Waals surface area (Å²) in [6, 6.07) is 3.69. The van der Waals surface area contributed by atoms with Gasteiger partial charge in [-0.05, 0) is 31.5 Å². The van der Waals surface area contributed by atoms with E-state index in [-0.39, 0.29) is 29.3 Å². The van der Waals surface area contributed by atoms with E-state index in [1.165, 1.54) is 12.1 Å². The molecule has 6 heteroatoms. The van der Waals surface area contributed by atoms with Crippen LogP contribution in [-0.2, 0) is 4.79 Å². The minimum atomic E-state index is -3.68. The number of carbonyl (C=O) groups is 2. The second-order valence-electron chi connectivity index (χ2n) is 4.23. The topological polar surface area (TPSA) is 95.9 Å². The molecule has 0 saturated heterocycles. The number of carbonyl (C=O) groups excluding carboxylic acids is 2. The highest BCUT2D eigenvalue weighted by atomic mass is 16.5. The Morgan fingerprint density at radius 3 is 2.81 bits per heavy atom. The molecule has 3 N–H and O–H groups in total. The third kappa shape index (κ3) is 5.53. The third-order valence-corrected chi connectivity index (χ3v) is 2.48. The molecule has 1 rings (SSSR count). The number of ether oxygens (including phenoxy) is 1. The number of rotatable bonds is 8. The highest BCUT2D eigenvalue weighted by Crippen LogP contribution is 2.24. The molecule has 0 aliphatic heterocycles. The number of Topliss-reactive ketones (excluding diaryl/α,β-unsaturated/α-hetero) is 1. The van der Waals surface area contributed by atoms with Crippen molar-refractivity contribution in [2.45, 2.75) is 32.8 Å². The van der Waals surface area contributed by atoms with Gasteiger partial charge in [0.1, 0.15) is 18.4 Å². The zero-order valence-corrected chi connectivity index (χ0v) is 11.8. The van der Waals surface area contributed by atoms with Crippen molar-refractivity contribution in [1.82, 2.24) is 0 Å². The third-order valence-electron chi connectivity index (χ3n) is 2.48. The first-order valence-electron chi connectivity index (χ1n) is 8.81. The molecule has 1 atom stereocenters. The van der Waals surface area contributed by atoms with Crippen LogP contribution in [0.3, 0.4) is 0 Å². The second kappa shape index (κ2) is 8.39. The molecular weight excluding hydrogens is 274 g/mol. The van der Waals surface area contributed by atoms with Crippen LogP contribution < -0.4 is 10.1 Å². The number of hydrogen-bond donors (Lipinski definition) is 3. The van der Waals surface area contributed by atoms with Gasteiger partial charge in [0, 0.05) is 12.1 Å². The molecule has 1 aromatic rings. The van der Waals surface area contributed by atoms with Gasteiger partial charge < -0.3 is 20.3 Å². The van der Waals surface area contributed by atoms with Crippen molar-refractivity contribution in [3.63, 3.8) is 0 Å². The van der Waals surface area contributed by atoms with Crippen LogP contribution >= 0.6 is 0 Å². The Hall–Kier alpha value is -1.92. The molecular formula is C15H21NO5. The Balaban J connectivity index is 3.21. The lowest BCUT2D eigenvalue weighted by atomic mass is 10.1. The zero-order chi connectivity index (χ0) is 20.3. The van der Waals surface area contributed by atoms with Crippen LogP contribution in [0.25, 0.3) is 0 Å². The SMILES string of the molecule is [2H]C([2H])(O)C([2H])(O)C([2H])([2H])Oc1ccc(NC(=O)CCC)cc1C(C)=O. The van der Waals surface area contributed by atoms with Crippen LogP contribution in [0.2, 0.25) is 0 Å². The Kier molecular flexibility index (Phi) is 4.29. The molecule has 116 valence electrons. The zero-order valence-electron chi connectivity index (χ0n) is 16.8. The monoisotopic (exact) mass is 300 g/mol. The van der Waals surface area contributed by atoms with Gasteiger partial charge in [0.25, 0.3) is 0 Å². The summed E-state index contributed by atoms with van der Waals surface area (Å²) in [7, 11) is 0. The largest absolute Gasteiger partial charge is 0.490 e. The van der Waals surface area contributed by atoms with E-state index in [4.69, 9.17) is 11.6 Å². The fraction of sp³-hybridized carbons (Fsp3) is 0.467. The predicted octanol–water partition coefficient (Wildman–Crippen LogP) is 1.36. The number of aliphatic hydroxyl groups is 2. The smallest absolute Gasteiger partial charge is 0.224 e. The molecule has 0 radical (unpaired) electrons. The van der Waals surface area contributed by atoms with E-state index in [0.717, 1.165) is 13.0 Å². The van der Waals surface area contributed by atoms with Gasteiger partial charge >= 0.3 is 0 Å². The van der Waals surface area contributed by atoms with Gasteiger partial charge in [-0.2, -0.15) is 0 Å². The van der Waals surface area contributed by atoms with Crippen molar-refractivity contribution in [2.24, 2.45) is 0 Å². The lowest BCUT2D eigenvalue weighted by molar-refractivity contribution is -0.116. The Morgan fingerprint density at radius 2 is 2.24 bits per heavy atom. The highest BCUT2D eigenvalue weighted by molar-refractivity contribution is 5.99. The average molecular weight is 300 g/mol. The minimum absolute atomic E-state index is 0.155. The molecule has 6 nitrogen and oxygen atoms in total. The molecule has 0 aliphatic carbocycles. The fourth-order valence-electron chi connectivity index (χ4n) is 1.55. The van der Waals surface area contributed by atoms with Crippen molar-refractivity contribution in [2.75, 3.05) is 18.4 Å². The van der Waals surface area contributed by atoms with Gasteiger partial charge in [-0.25, -0.2) is 0 Å². The summed E-state index contributed by atoms with van der Waals surface area (Å²) in [6.45, 7) is -4.06. The van der Waals surface area contributed by atoms with Crippen LogP contribution in [0.1, 0.15) is 43.9 Å². The van der Waals surface area contributed by atoms with E-state index in [2.05, 4.69) is 5.32 Å². The van der Waals surface area contributed by atoms with Crippen LogP contribution in [0.5, 0.6) is 5.75 Å². The standard InChI is InChI=1S/C15H21NO5/c1-3-4-15(20)16-11-5-6-14(13(7-11)10(2)18)21-9-12(19)8-17/h5-7,12,17,19H,3-4,8-9H2,1-2H3,(H,16,20)/i8D2,9D2,12D. The maximum atomic E-state index is 11.8. The summed E-state index contributed by atoms with van der Waals surface area (Å²) < 4.78 is 41.4. The fourth-order valence-corrected chi connectivity index (χ4v) is 1.55. The van der Waals surface area contributed by atoms with E-state index in [0.29, 0.717) is 6.42 Å². The summed E-state index contributed by atoms with van der Waals surface area (Å²) in [5.74, 6) is -1.21. The lowest BCUT2D eigenvalue weighted by Crippen LogP contribution is -2.22. The van der Waals surface area contributed by atoms with E-state index in [1.807, 2.05) is 6.92 Å². The lowest BCUT2D eigenvalue weighted by Gasteiger charge is -2.14. The maximum absolute atomic E-state index is 11.8. The Morgan fingerprint density at radius 1 is 1.52 bits per heavy atom. The van der Waals surface area contributed by atoms with Gasteiger partial charge in [0.2, 0.25) is 5.91 Å². The van der Waals surface area contributed by atoms with Crippen molar-refractivity contribution in [3.05, 3.63) is 23.8 Å². The first-order valence-corrected chi connectivity index (χ1v) is 6.31. The van der Waals surface area contributed by atoms with Crippen LogP contribution in [0, 0.1) is 0 Å². The van der Waals surface area contributed by atoms with E-state index in [1.54, 1.807) is 0 Å². The highest BCUT2D eigenvalue weighted by Gasteiger charge is 2.12. The van der Waals surface area contributed by atoms with Crippen molar-refractivity contribution >= 4 is 17.4 Å². The predicted molar refractivity (Wildman–Crippen MR) is 78.6 cm³/mol. The number of hydrogen-bond acceptors (Lipinski definition) is 5. The molecule has 1 amide bonds. The van der Waals surface area contributed by atoms with Gasteiger partial charge in [-0.3, -0.25) is 9.59 Å². The Labute approximate surface area is 130 Å². The van der Waals surface area contributed by atoms with Crippen LogP contribution in [0.15, 0.2) is 18.2 Å². The van der Waals surface area contributed by atoms with Crippen molar-refractivity contribution in [3.8, 4) is 5.75 Å². The molecule has 0 fully saturated rings. The molecule has 1 aromatic carbocycles. The summed E-state index contributed by atoms with van der Waals surface area (Å²) in [4.78, 5) is 23.4. The molecule has 21 heavy (non-hydrogen) atoms. The molecule has 0 bridgehead atoms. The number of ketones is 1. The molecule has 0 aliphatic rings. The quantitative estimate of drug-likeness (QED) is 0.630. The number of nitrogens with one attached hydrogen (secondary N) is 1. The van der Waals surface area contributed by atoms with Gasteiger partial charge in [-0.15, -0.1) is 0 Å². The van der Waals surface area contributed by atoms with E-state index >= 15 is 0 Å². The molecule has 0 saturated carbocycles. The molecule has 0 spiro atoms. The van der Waals surface area contributed by atoms with Gasteiger partial charge in [0.15, 0.2) is 5.78 Å². The summed E-state index contributed by atoms with van der Waals surface area (Å²) in [5, 5.41) is 21.5. The molecule has 0 aromatic heterocycles. The second-order valence-corrected chi connectivity index (χ2v) is 4.23. The van der Waals surface area contributed by atoms with Gasteiger partial charge in [-0.1, -0.05) is 6.92 Å². The Bertz CT molecular complexity index is 687. The normalized spacial score (nSPS) is 18.2. The first-order chi connectivity index (χ1) is 11.7. The van der Waals surface area contributed by atoms with Gasteiger partial charge in [0.05, 0.1) is 19.0 Å². The van der Waals surface area contributed by atoms with Crippen molar-refractivity contribution in [1.29, 1.82) is 0 Å². The maximum Gasteiger partial charge on any atom is 0.224 e. The minimum Gasteiger partial charge on any atom is -0.490 e. The number of amides is 1. The van der Waals surface area contributed by atoms with E-state index < -0.39 is 25.0 Å². The molecule has 1 unspecified atom stereocenters. The van der Waals surface area contributed by atoms with E-state index in [9.17, 15) is 19.8 Å². The van der Waals surface area contributed by atoms with Crippen molar-refractivity contribution < 1.29 is 31.4 Å². The van der Waals surface area contributed by atoms with Crippen LogP contribution in [-0.4, -0.2) is 41.1 Å². The first kappa shape index (κ1) is 10.8. The average Bonchev–Trinajstić information content (AvgIpc) is 2.47. The summed E-state index contributed by atoms with van der Waals surface area (Å²) >= 11 is 0. The molecule has 0 heterocycles. The van der Waals surface area contributed by atoms with Crippen LogP contribution in [0.4, 0.5) is 5.69 Å². The summed E-state index contributed by atoms with van der Waals surface area (Å²) in [5.41, 5.74) is 0.109. The number of anilines is 1. The number of benzene rings is 1.